The Morgan fingerprint density at radius 1 is 1.00 bits per heavy atom. The summed E-state index contributed by atoms with van der Waals surface area (Å²) in [7, 11) is 0. The van der Waals surface area contributed by atoms with Crippen LogP contribution < -0.4 is 4.74 Å². The van der Waals surface area contributed by atoms with Crippen LogP contribution in [0.25, 0.3) is 11.5 Å². The number of rotatable bonds is 5. The molecule has 0 atom stereocenters. The lowest BCUT2D eigenvalue weighted by Gasteiger charge is -2.06. The quantitative estimate of drug-likeness (QED) is 0.680. The third kappa shape index (κ3) is 3.59. The van der Waals surface area contributed by atoms with E-state index in [1.807, 2.05) is 30.3 Å². The van der Waals surface area contributed by atoms with Gasteiger partial charge in [0.2, 0.25) is 11.8 Å². The molecule has 4 nitrogen and oxygen atoms in total. The lowest BCUT2D eigenvalue weighted by Crippen LogP contribution is -2.02. The first-order chi connectivity index (χ1) is 10.7. The van der Waals surface area contributed by atoms with Gasteiger partial charge in [-0.15, -0.1) is 10.2 Å². The summed E-state index contributed by atoms with van der Waals surface area (Å²) >= 11 is 11.9. The number of hydrogen-bond acceptors (Lipinski definition) is 4. The van der Waals surface area contributed by atoms with Crippen LogP contribution in [0.1, 0.15) is 5.89 Å². The third-order valence-electron chi connectivity index (χ3n) is 2.95. The predicted molar refractivity (Wildman–Crippen MR) is 85.4 cm³/mol. The normalized spacial score (nSPS) is 10.6. The predicted octanol–water partition coefficient (Wildman–Crippen LogP) is 4.66. The second kappa shape index (κ2) is 6.81. The molecule has 22 heavy (non-hydrogen) atoms. The van der Waals surface area contributed by atoms with Crippen molar-refractivity contribution in [2.75, 3.05) is 6.61 Å². The number of aromatic nitrogens is 2. The monoisotopic (exact) mass is 334 g/mol. The summed E-state index contributed by atoms with van der Waals surface area (Å²) in [6.45, 7) is 0.372. The van der Waals surface area contributed by atoms with Crippen molar-refractivity contribution in [1.29, 1.82) is 0 Å². The van der Waals surface area contributed by atoms with Gasteiger partial charge in [0.15, 0.2) is 0 Å². The number of halogens is 2. The summed E-state index contributed by atoms with van der Waals surface area (Å²) in [6, 6.07) is 14.7. The van der Waals surface area contributed by atoms with Crippen molar-refractivity contribution in [2.45, 2.75) is 6.42 Å². The molecule has 0 radical (unpaired) electrons. The van der Waals surface area contributed by atoms with Crippen LogP contribution in [0.15, 0.2) is 52.9 Å². The molecular weight excluding hydrogens is 323 g/mol. The van der Waals surface area contributed by atoms with Gasteiger partial charge in [-0.05, 0) is 24.3 Å². The molecule has 1 aromatic heterocycles. The van der Waals surface area contributed by atoms with Crippen molar-refractivity contribution in [2.24, 2.45) is 0 Å². The lowest BCUT2D eigenvalue weighted by molar-refractivity contribution is 0.307. The second-order valence-corrected chi connectivity index (χ2v) is 5.38. The Morgan fingerprint density at radius 3 is 2.64 bits per heavy atom. The zero-order valence-corrected chi connectivity index (χ0v) is 13.0. The molecule has 0 spiro atoms. The fourth-order valence-electron chi connectivity index (χ4n) is 1.89. The molecule has 112 valence electrons. The second-order valence-electron chi connectivity index (χ2n) is 4.54. The van der Waals surface area contributed by atoms with Gasteiger partial charge in [-0.1, -0.05) is 41.4 Å². The minimum atomic E-state index is 0.372. The van der Waals surface area contributed by atoms with Gasteiger partial charge in [-0.3, -0.25) is 0 Å². The zero-order chi connectivity index (χ0) is 15.4. The van der Waals surface area contributed by atoms with Crippen molar-refractivity contribution in [3.8, 4) is 17.2 Å². The van der Waals surface area contributed by atoms with E-state index in [0.717, 1.165) is 5.56 Å². The van der Waals surface area contributed by atoms with E-state index in [1.54, 1.807) is 18.2 Å². The van der Waals surface area contributed by atoms with E-state index in [1.165, 1.54) is 0 Å². The summed E-state index contributed by atoms with van der Waals surface area (Å²) in [5, 5.41) is 9.12. The molecule has 0 amide bonds. The minimum absolute atomic E-state index is 0.372. The van der Waals surface area contributed by atoms with E-state index in [9.17, 15) is 0 Å². The smallest absolute Gasteiger partial charge is 0.247 e. The Labute approximate surface area is 137 Å². The molecule has 0 N–H and O–H groups in total. The van der Waals surface area contributed by atoms with Crippen molar-refractivity contribution < 1.29 is 9.15 Å². The largest absolute Gasteiger partial charge is 0.491 e. The number of benzene rings is 2. The Kier molecular flexibility index (Phi) is 4.61. The van der Waals surface area contributed by atoms with Gasteiger partial charge < -0.3 is 9.15 Å². The van der Waals surface area contributed by atoms with Gasteiger partial charge >= 0.3 is 0 Å². The number of ether oxygens (including phenoxy) is 1. The van der Waals surface area contributed by atoms with Gasteiger partial charge in [0.25, 0.3) is 0 Å². The SMILES string of the molecule is Clc1ccc(Cl)c(OCCc2nnc(-c3ccccc3)o2)c1. The van der Waals surface area contributed by atoms with E-state index in [4.69, 9.17) is 32.4 Å². The fourth-order valence-corrected chi connectivity index (χ4v) is 2.22. The molecule has 0 saturated carbocycles. The molecule has 1 heterocycles. The van der Waals surface area contributed by atoms with Crippen LogP contribution in [0.2, 0.25) is 10.0 Å². The summed E-state index contributed by atoms with van der Waals surface area (Å²) in [5.41, 5.74) is 0.889. The van der Waals surface area contributed by atoms with E-state index >= 15 is 0 Å². The minimum Gasteiger partial charge on any atom is -0.491 e. The Bertz CT molecular complexity index is 760. The molecule has 6 heteroatoms. The van der Waals surface area contributed by atoms with E-state index < -0.39 is 0 Å². The summed E-state index contributed by atoms with van der Waals surface area (Å²) < 4.78 is 11.2. The van der Waals surface area contributed by atoms with Gasteiger partial charge in [0.1, 0.15) is 5.75 Å². The molecule has 0 fully saturated rings. The van der Waals surface area contributed by atoms with Crippen LogP contribution >= 0.6 is 23.2 Å². The maximum Gasteiger partial charge on any atom is 0.247 e. The molecule has 0 aliphatic heterocycles. The number of nitrogens with zero attached hydrogens (tertiary/aromatic N) is 2. The first-order valence-corrected chi connectivity index (χ1v) is 7.43. The van der Waals surface area contributed by atoms with Crippen LogP contribution in [0.4, 0.5) is 0 Å². The fraction of sp³-hybridized carbons (Fsp3) is 0.125. The van der Waals surface area contributed by atoms with Crippen molar-refractivity contribution in [3.05, 3.63) is 64.5 Å². The Balaban J connectivity index is 1.61. The van der Waals surface area contributed by atoms with Crippen molar-refractivity contribution in [1.82, 2.24) is 10.2 Å². The molecule has 0 bridgehead atoms. The van der Waals surface area contributed by atoms with E-state index in [2.05, 4.69) is 10.2 Å². The average Bonchev–Trinajstić information content (AvgIpc) is 3.00. The van der Waals surface area contributed by atoms with Crippen molar-refractivity contribution >= 4 is 23.2 Å². The summed E-state index contributed by atoms with van der Waals surface area (Å²) in [4.78, 5) is 0. The van der Waals surface area contributed by atoms with Crippen LogP contribution in [-0.2, 0) is 6.42 Å². The molecule has 3 aromatic rings. The summed E-state index contributed by atoms with van der Waals surface area (Å²) in [5.74, 6) is 1.55. The molecule has 3 rings (SSSR count). The first kappa shape index (κ1) is 14.9. The standard InChI is InChI=1S/C16H12Cl2N2O2/c17-12-6-7-13(18)14(10-12)21-9-8-15-19-20-16(22-15)11-4-2-1-3-5-11/h1-7,10H,8-9H2. The molecule has 0 aliphatic rings. The van der Waals surface area contributed by atoms with Crippen LogP contribution in [-0.4, -0.2) is 16.8 Å². The van der Waals surface area contributed by atoms with Gasteiger partial charge in [-0.25, -0.2) is 0 Å². The van der Waals surface area contributed by atoms with E-state index in [-0.39, 0.29) is 0 Å². The van der Waals surface area contributed by atoms with Crippen molar-refractivity contribution in [3.63, 3.8) is 0 Å². The topological polar surface area (TPSA) is 48.2 Å². The molecule has 0 aliphatic carbocycles. The van der Waals surface area contributed by atoms with E-state index in [0.29, 0.717) is 40.6 Å². The average molecular weight is 335 g/mol. The lowest BCUT2D eigenvalue weighted by atomic mass is 10.2. The van der Waals surface area contributed by atoms with Crippen LogP contribution in [0.5, 0.6) is 5.75 Å². The van der Waals surface area contributed by atoms with Crippen LogP contribution in [0.3, 0.4) is 0 Å². The molecule has 0 saturated heterocycles. The summed E-state index contributed by atoms with van der Waals surface area (Å²) in [6.07, 6.45) is 0.489. The maximum absolute atomic E-state index is 6.03. The Morgan fingerprint density at radius 2 is 1.82 bits per heavy atom. The molecule has 0 unspecified atom stereocenters. The highest BCUT2D eigenvalue weighted by Crippen LogP contribution is 2.27. The van der Waals surface area contributed by atoms with Gasteiger partial charge in [0, 0.05) is 16.7 Å². The van der Waals surface area contributed by atoms with Crippen LogP contribution in [0, 0.1) is 0 Å². The highest BCUT2D eigenvalue weighted by molar-refractivity contribution is 6.34. The van der Waals surface area contributed by atoms with Gasteiger partial charge in [0.05, 0.1) is 18.1 Å². The Hall–Kier alpha value is -2.04. The van der Waals surface area contributed by atoms with Gasteiger partial charge in [-0.2, -0.15) is 0 Å². The highest BCUT2D eigenvalue weighted by atomic mass is 35.5. The molecule has 2 aromatic carbocycles. The zero-order valence-electron chi connectivity index (χ0n) is 11.5. The maximum atomic E-state index is 6.03. The highest BCUT2D eigenvalue weighted by Gasteiger charge is 2.09. The third-order valence-corrected chi connectivity index (χ3v) is 3.50. The first-order valence-electron chi connectivity index (χ1n) is 6.68. The number of hydrogen-bond donors (Lipinski definition) is 0. The molecular formula is C16H12Cl2N2O2.